The number of carbonyl (C=O) groups is 1. The maximum atomic E-state index is 12.6. The molecule has 0 aromatic heterocycles. The van der Waals surface area contributed by atoms with Crippen molar-refractivity contribution < 1.29 is 31.5 Å². The first-order valence-electron chi connectivity index (χ1n) is 10.3. The van der Waals surface area contributed by atoms with Gasteiger partial charge >= 0.3 is 6.61 Å². The molecule has 2 N–H and O–H groups in total. The van der Waals surface area contributed by atoms with Gasteiger partial charge in [-0.15, -0.1) is 0 Å². The normalized spacial score (nSPS) is 11.2. The van der Waals surface area contributed by atoms with Crippen LogP contribution >= 0.6 is 0 Å². The summed E-state index contributed by atoms with van der Waals surface area (Å²) in [5, 5.41) is 2.74. The zero-order valence-corrected chi connectivity index (χ0v) is 19.4. The lowest BCUT2D eigenvalue weighted by atomic mass is 10.1. The minimum Gasteiger partial charge on any atom is -0.493 e. The van der Waals surface area contributed by atoms with Crippen molar-refractivity contribution in [2.75, 3.05) is 18.4 Å². The van der Waals surface area contributed by atoms with Crippen LogP contribution in [0.15, 0.2) is 71.6 Å². The van der Waals surface area contributed by atoms with Gasteiger partial charge in [-0.2, -0.15) is 8.78 Å². The molecule has 1 amide bonds. The summed E-state index contributed by atoms with van der Waals surface area (Å²) in [6.45, 7) is -0.891. The lowest BCUT2D eigenvalue weighted by molar-refractivity contribution is -0.0512. The lowest BCUT2D eigenvalue weighted by Gasteiger charge is -2.12. The number of amides is 1. The molecule has 180 valence electrons. The molecule has 0 bridgehead atoms. The third-order valence-electron chi connectivity index (χ3n) is 4.96. The van der Waals surface area contributed by atoms with Gasteiger partial charge in [0.15, 0.2) is 11.5 Å². The Kier molecular flexibility index (Phi) is 8.06. The van der Waals surface area contributed by atoms with E-state index in [1.165, 1.54) is 37.4 Å². The molecule has 3 aromatic carbocycles. The highest BCUT2D eigenvalue weighted by Gasteiger charge is 2.16. The molecule has 0 aliphatic heterocycles. The summed E-state index contributed by atoms with van der Waals surface area (Å²) in [7, 11) is -2.45. The molecular formula is C24H24F2N2O5S. The number of alkyl halides is 2. The Morgan fingerprint density at radius 2 is 1.71 bits per heavy atom. The Balaban J connectivity index is 1.58. The van der Waals surface area contributed by atoms with Crippen LogP contribution in [0.3, 0.4) is 0 Å². The number of nitrogens with one attached hydrogen (secondary N) is 2. The largest absolute Gasteiger partial charge is 0.493 e. The molecule has 3 rings (SSSR count). The smallest absolute Gasteiger partial charge is 0.387 e. The molecule has 0 atom stereocenters. The number of ether oxygens (including phenoxy) is 2. The van der Waals surface area contributed by atoms with E-state index in [9.17, 15) is 22.0 Å². The molecule has 0 spiro atoms. The van der Waals surface area contributed by atoms with Crippen LogP contribution < -0.4 is 19.5 Å². The number of hydrogen-bond donors (Lipinski definition) is 2. The first kappa shape index (κ1) is 25.0. The Bertz CT molecular complexity index is 1250. The zero-order valence-electron chi connectivity index (χ0n) is 18.5. The number of methoxy groups -OCH3 is 1. The van der Waals surface area contributed by atoms with Crippen molar-refractivity contribution in [2.24, 2.45) is 0 Å². The third-order valence-corrected chi connectivity index (χ3v) is 6.34. The second-order valence-corrected chi connectivity index (χ2v) is 9.00. The Labute approximate surface area is 196 Å². The van der Waals surface area contributed by atoms with E-state index < -0.39 is 16.6 Å². The van der Waals surface area contributed by atoms with Crippen molar-refractivity contribution in [1.29, 1.82) is 0 Å². The van der Waals surface area contributed by atoms with E-state index in [4.69, 9.17) is 4.74 Å². The molecule has 0 unspecified atom stereocenters. The van der Waals surface area contributed by atoms with E-state index >= 15 is 0 Å². The summed E-state index contributed by atoms with van der Waals surface area (Å²) in [4.78, 5) is 12.5. The maximum absolute atomic E-state index is 12.6. The second kappa shape index (κ2) is 11.0. The Hall–Kier alpha value is -3.66. The standard InChI is InChI=1S/C24H24F2N2O5S/c1-16-5-3-4-6-20(16)28-34(30,31)19-10-8-18(9-11-19)23(29)27-14-13-17-7-12-21(33-24(25)26)22(15-17)32-2/h3-12,15,24,28H,13-14H2,1-2H3,(H,27,29). The van der Waals surface area contributed by atoms with Gasteiger partial charge < -0.3 is 14.8 Å². The molecule has 0 aliphatic carbocycles. The summed E-state index contributed by atoms with van der Waals surface area (Å²) < 4.78 is 62.1. The lowest BCUT2D eigenvalue weighted by Crippen LogP contribution is -2.25. The topological polar surface area (TPSA) is 93.7 Å². The van der Waals surface area contributed by atoms with Gasteiger partial charge in [0.1, 0.15) is 0 Å². The molecular weight excluding hydrogens is 466 g/mol. The number of aryl methyl sites for hydroxylation is 1. The van der Waals surface area contributed by atoms with Crippen LogP contribution in [0, 0.1) is 6.92 Å². The van der Waals surface area contributed by atoms with Crippen LogP contribution in [0.2, 0.25) is 0 Å². The summed E-state index contributed by atoms with van der Waals surface area (Å²) in [6, 6.07) is 17.2. The minimum atomic E-state index is -3.80. The summed E-state index contributed by atoms with van der Waals surface area (Å²) in [5.41, 5.74) is 2.32. The average Bonchev–Trinajstić information content (AvgIpc) is 2.81. The summed E-state index contributed by atoms with van der Waals surface area (Å²) >= 11 is 0. The Morgan fingerprint density at radius 1 is 1.00 bits per heavy atom. The van der Waals surface area contributed by atoms with E-state index in [2.05, 4.69) is 14.8 Å². The summed E-state index contributed by atoms with van der Waals surface area (Å²) in [5.74, 6) is -0.280. The number of anilines is 1. The highest BCUT2D eigenvalue weighted by Crippen LogP contribution is 2.29. The number of hydrogen-bond acceptors (Lipinski definition) is 5. The number of benzene rings is 3. The maximum Gasteiger partial charge on any atom is 0.387 e. The van der Waals surface area contributed by atoms with Gasteiger partial charge in [-0.05, 0) is 66.9 Å². The van der Waals surface area contributed by atoms with Gasteiger partial charge in [-0.3, -0.25) is 9.52 Å². The molecule has 0 radical (unpaired) electrons. The fraction of sp³-hybridized carbons (Fsp3) is 0.208. The fourth-order valence-corrected chi connectivity index (χ4v) is 4.29. The number of carbonyl (C=O) groups excluding carboxylic acids is 1. The van der Waals surface area contributed by atoms with Gasteiger partial charge in [0, 0.05) is 12.1 Å². The molecule has 0 saturated carbocycles. The van der Waals surface area contributed by atoms with Crippen molar-refractivity contribution in [3.63, 3.8) is 0 Å². The van der Waals surface area contributed by atoms with Crippen LogP contribution in [0.5, 0.6) is 11.5 Å². The quantitative estimate of drug-likeness (QED) is 0.440. The average molecular weight is 491 g/mol. The van der Waals surface area contributed by atoms with E-state index in [-0.39, 0.29) is 28.8 Å². The molecule has 0 saturated heterocycles. The molecule has 7 nitrogen and oxygen atoms in total. The number of rotatable bonds is 10. The van der Waals surface area contributed by atoms with E-state index in [1.54, 1.807) is 37.3 Å². The number of sulfonamides is 1. The van der Waals surface area contributed by atoms with Crippen LogP contribution in [0.1, 0.15) is 21.5 Å². The van der Waals surface area contributed by atoms with Crippen LogP contribution in [-0.4, -0.2) is 34.6 Å². The van der Waals surface area contributed by atoms with Crippen LogP contribution in [0.4, 0.5) is 14.5 Å². The van der Waals surface area contributed by atoms with Gasteiger partial charge in [0.2, 0.25) is 0 Å². The van der Waals surface area contributed by atoms with Gasteiger partial charge in [0.25, 0.3) is 15.9 Å². The van der Waals surface area contributed by atoms with Crippen LogP contribution in [0.25, 0.3) is 0 Å². The predicted molar refractivity (Wildman–Crippen MR) is 124 cm³/mol. The van der Waals surface area contributed by atoms with Gasteiger partial charge in [-0.1, -0.05) is 24.3 Å². The van der Waals surface area contributed by atoms with Gasteiger partial charge in [0.05, 0.1) is 17.7 Å². The molecule has 0 aliphatic rings. The van der Waals surface area contributed by atoms with Crippen molar-refractivity contribution >= 4 is 21.6 Å². The highest BCUT2D eigenvalue weighted by atomic mass is 32.2. The number of para-hydroxylation sites is 1. The SMILES string of the molecule is COc1cc(CCNC(=O)c2ccc(S(=O)(=O)Nc3ccccc3C)cc2)ccc1OC(F)F. The highest BCUT2D eigenvalue weighted by molar-refractivity contribution is 7.92. The molecule has 3 aromatic rings. The second-order valence-electron chi connectivity index (χ2n) is 7.31. The minimum absolute atomic E-state index is 0.0329. The van der Waals surface area contributed by atoms with E-state index in [0.717, 1.165) is 11.1 Å². The van der Waals surface area contributed by atoms with Crippen LogP contribution in [-0.2, 0) is 16.4 Å². The van der Waals surface area contributed by atoms with Crippen molar-refractivity contribution in [2.45, 2.75) is 24.9 Å². The monoisotopic (exact) mass is 490 g/mol. The van der Waals surface area contributed by atoms with E-state index in [0.29, 0.717) is 17.7 Å². The van der Waals surface area contributed by atoms with Crippen molar-refractivity contribution in [1.82, 2.24) is 5.32 Å². The molecule has 34 heavy (non-hydrogen) atoms. The zero-order chi connectivity index (χ0) is 24.7. The fourth-order valence-electron chi connectivity index (χ4n) is 3.16. The van der Waals surface area contributed by atoms with Crippen molar-refractivity contribution in [3.8, 4) is 11.5 Å². The first-order chi connectivity index (χ1) is 16.2. The molecule has 0 heterocycles. The van der Waals surface area contributed by atoms with Gasteiger partial charge in [-0.25, -0.2) is 8.42 Å². The Morgan fingerprint density at radius 3 is 2.35 bits per heavy atom. The molecule has 10 heteroatoms. The summed E-state index contributed by atoms with van der Waals surface area (Å²) in [6.07, 6.45) is 0.421. The predicted octanol–water partition coefficient (Wildman–Crippen LogP) is 4.38. The van der Waals surface area contributed by atoms with Crippen molar-refractivity contribution in [3.05, 3.63) is 83.4 Å². The molecule has 0 fully saturated rings. The number of halogens is 2. The van der Waals surface area contributed by atoms with E-state index in [1.807, 2.05) is 6.07 Å². The third kappa shape index (κ3) is 6.44. The first-order valence-corrected chi connectivity index (χ1v) is 11.8.